The van der Waals surface area contributed by atoms with Gasteiger partial charge >= 0.3 is 5.97 Å². The summed E-state index contributed by atoms with van der Waals surface area (Å²) in [5, 5.41) is 15.1. The zero-order valence-electron chi connectivity index (χ0n) is 11.9. The molecule has 0 unspecified atom stereocenters. The quantitative estimate of drug-likeness (QED) is 0.904. The number of carboxylic acid groups (broad SMARTS) is 1. The summed E-state index contributed by atoms with van der Waals surface area (Å²) in [5.41, 5.74) is -0.397. The number of likely N-dealkylation sites (tertiary alicyclic amines) is 1. The van der Waals surface area contributed by atoms with Gasteiger partial charge in [0.1, 0.15) is 11.6 Å². The van der Waals surface area contributed by atoms with Crippen LogP contribution in [-0.4, -0.2) is 45.2 Å². The largest absolute Gasteiger partial charge is 0.481 e. The van der Waals surface area contributed by atoms with E-state index in [1.54, 1.807) is 0 Å². The fraction of sp³-hybridized carbons (Fsp3) is 0.267. The van der Waals surface area contributed by atoms with Gasteiger partial charge in [0.2, 0.25) is 0 Å². The van der Waals surface area contributed by atoms with Crippen molar-refractivity contribution in [3.05, 3.63) is 41.6 Å². The van der Waals surface area contributed by atoms with Crippen LogP contribution in [0.3, 0.4) is 0 Å². The number of aromatic amines is 1. The van der Waals surface area contributed by atoms with Crippen LogP contribution in [0.4, 0.5) is 8.78 Å². The van der Waals surface area contributed by atoms with Gasteiger partial charge in [0.25, 0.3) is 5.91 Å². The predicted octanol–water partition coefficient (Wildman–Crippen LogP) is 1.90. The second kappa shape index (κ2) is 5.79. The Bertz CT molecular complexity index is 755. The Kier molecular flexibility index (Phi) is 3.81. The number of hydrogen-bond acceptors (Lipinski definition) is 3. The third-order valence-corrected chi connectivity index (χ3v) is 3.91. The van der Waals surface area contributed by atoms with Crippen LogP contribution in [0.2, 0.25) is 0 Å². The molecule has 23 heavy (non-hydrogen) atoms. The Hall–Kier alpha value is -2.77. The monoisotopic (exact) mass is 321 g/mol. The summed E-state index contributed by atoms with van der Waals surface area (Å²) in [6.07, 6.45) is 1.54. The van der Waals surface area contributed by atoms with Crippen LogP contribution in [-0.2, 0) is 4.79 Å². The average molecular weight is 321 g/mol. The van der Waals surface area contributed by atoms with Crippen molar-refractivity contribution in [1.29, 1.82) is 0 Å². The van der Waals surface area contributed by atoms with E-state index < -0.39 is 29.4 Å². The lowest BCUT2D eigenvalue weighted by molar-refractivity contribution is -0.141. The number of aliphatic carboxylic acids is 1. The number of carbonyl (C=O) groups excluding carboxylic acids is 1. The Labute approximate surface area is 129 Å². The number of carbonyl (C=O) groups is 2. The molecule has 0 radical (unpaired) electrons. The maximum Gasteiger partial charge on any atom is 0.308 e. The van der Waals surface area contributed by atoms with Gasteiger partial charge in [0.05, 0.1) is 28.9 Å². The molecule has 2 N–H and O–H groups in total. The van der Waals surface area contributed by atoms with Crippen LogP contribution in [0.5, 0.6) is 0 Å². The van der Waals surface area contributed by atoms with Crippen molar-refractivity contribution in [2.45, 2.75) is 6.42 Å². The van der Waals surface area contributed by atoms with Crippen LogP contribution in [0, 0.1) is 17.6 Å². The minimum Gasteiger partial charge on any atom is -0.481 e. The molecule has 2 heterocycles. The van der Waals surface area contributed by atoms with E-state index in [9.17, 15) is 18.4 Å². The van der Waals surface area contributed by atoms with E-state index in [0.717, 1.165) is 12.1 Å². The van der Waals surface area contributed by atoms with Gasteiger partial charge in [-0.25, -0.2) is 8.78 Å². The van der Waals surface area contributed by atoms with Crippen molar-refractivity contribution in [2.75, 3.05) is 13.1 Å². The molecule has 2 aromatic rings. The molecule has 0 saturated carbocycles. The smallest absolute Gasteiger partial charge is 0.308 e. The Morgan fingerprint density at radius 3 is 2.61 bits per heavy atom. The van der Waals surface area contributed by atoms with Crippen LogP contribution in [0.15, 0.2) is 24.4 Å². The highest BCUT2D eigenvalue weighted by Gasteiger charge is 2.33. The van der Waals surface area contributed by atoms with Gasteiger partial charge in [-0.15, -0.1) is 0 Å². The topological polar surface area (TPSA) is 86.3 Å². The molecule has 1 aliphatic rings. The van der Waals surface area contributed by atoms with Gasteiger partial charge in [-0.05, 0) is 18.6 Å². The number of H-pyrrole nitrogens is 1. The van der Waals surface area contributed by atoms with E-state index in [1.165, 1.54) is 17.2 Å². The van der Waals surface area contributed by atoms with Gasteiger partial charge in [-0.3, -0.25) is 14.7 Å². The molecule has 1 aromatic carbocycles. The molecule has 1 saturated heterocycles. The lowest BCUT2D eigenvalue weighted by Gasteiger charge is -2.16. The van der Waals surface area contributed by atoms with Crippen LogP contribution in [0.1, 0.15) is 16.8 Å². The molecule has 8 heteroatoms. The van der Waals surface area contributed by atoms with Crippen LogP contribution < -0.4 is 0 Å². The van der Waals surface area contributed by atoms with Crippen molar-refractivity contribution in [3.63, 3.8) is 0 Å². The molecule has 3 rings (SSSR count). The summed E-state index contributed by atoms with van der Waals surface area (Å²) in [7, 11) is 0. The summed E-state index contributed by atoms with van der Waals surface area (Å²) >= 11 is 0. The second-order valence-electron chi connectivity index (χ2n) is 5.33. The first-order valence-electron chi connectivity index (χ1n) is 6.99. The number of hydrogen-bond donors (Lipinski definition) is 2. The number of nitrogens with one attached hydrogen (secondary N) is 1. The van der Waals surface area contributed by atoms with Gasteiger partial charge in [-0.2, -0.15) is 5.10 Å². The number of benzene rings is 1. The van der Waals surface area contributed by atoms with Gasteiger partial charge in [0, 0.05) is 13.1 Å². The molecule has 0 aliphatic carbocycles. The second-order valence-corrected chi connectivity index (χ2v) is 5.33. The number of rotatable bonds is 3. The molecule has 0 bridgehead atoms. The third-order valence-electron chi connectivity index (χ3n) is 3.91. The molecule has 1 atom stereocenters. The molecule has 1 aromatic heterocycles. The third kappa shape index (κ3) is 2.67. The molecule has 6 nitrogen and oxygen atoms in total. The van der Waals surface area contributed by atoms with E-state index in [0.29, 0.717) is 6.42 Å². The Balaban J connectivity index is 1.93. The number of aromatic nitrogens is 2. The minimum atomic E-state index is -0.965. The maximum absolute atomic E-state index is 13.9. The lowest BCUT2D eigenvalue weighted by atomic mass is 10.1. The summed E-state index contributed by atoms with van der Waals surface area (Å²) in [4.78, 5) is 24.9. The van der Waals surface area contributed by atoms with Crippen LogP contribution in [0.25, 0.3) is 11.3 Å². The molecular formula is C15H13F2N3O3. The van der Waals surface area contributed by atoms with Crippen LogP contribution >= 0.6 is 0 Å². The summed E-state index contributed by atoms with van der Waals surface area (Å²) in [6.45, 7) is 0.346. The Morgan fingerprint density at radius 1 is 1.30 bits per heavy atom. The number of nitrogens with zero attached hydrogens (tertiary/aromatic N) is 2. The standard InChI is InChI=1S/C15H13F2N3O3/c16-10-2-1-3-11(17)12(10)13-9(6-18-19-13)14(21)20-5-4-8(7-20)15(22)23/h1-3,6,8H,4-5,7H2,(H,18,19)(H,22,23)/t8-/m1/s1. The fourth-order valence-electron chi connectivity index (χ4n) is 2.69. The fourth-order valence-corrected chi connectivity index (χ4v) is 2.69. The molecule has 1 amide bonds. The summed E-state index contributed by atoms with van der Waals surface area (Å²) in [6, 6.07) is 3.40. The maximum atomic E-state index is 13.9. The zero-order valence-corrected chi connectivity index (χ0v) is 11.9. The first-order chi connectivity index (χ1) is 11.0. The zero-order chi connectivity index (χ0) is 16.6. The normalized spacial score (nSPS) is 17.5. The molecule has 120 valence electrons. The highest BCUT2D eigenvalue weighted by Crippen LogP contribution is 2.29. The van der Waals surface area contributed by atoms with Gasteiger partial charge < -0.3 is 10.0 Å². The first kappa shape index (κ1) is 15.1. The SMILES string of the molecule is O=C(O)[C@@H]1CCN(C(=O)c2cn[nH]c2-c2c(F)cccc2F)C1. The summed E-state index contributed by atoms with van der Waals surface area (Å²) < 4.78 is 27.8. The lowest BCUT2D eigenvalue weighted by Crippen LogP contribution is -2.30. The number of amides is 1. The van der Waals surface area contributed by atoms with Gasteiger partial charge in [-0.1, -0.05) is 6.07 Å². The Morgan fingerprint density at radius 2 is 2.00 bits per heavy atom. The van der Waals surface area contributed by atoms with E-state index >= 15 is 0 Å². The van der Waals surface area contributed by atoms with Gasteiger partial charge in [0.15, 0.2) is 0 Å². The van der Waals surface area contributed by atoms with E-state index in [4.69, 9.17) is 5.11 Å². The van der Waals surface area contributed by atoms with E-state index in [1.807, 2.05) is 0 Å². The first-order valence-corrected chi connectivity index (χ1v) is 6.99. The molecular weight excluding hydrogens is 308 g/mol. The predicted molar refractivity (Wildman–Crippen MR) is 75.6 cm³/mol. The highest BCUT2D eigenvalue weighted by molar-refractivity contribution is 6.00. The molecule has 0 spiro atoms. The molecule has 1 aliphatic heterocycles. The van der Waals surface area contributed by atoms with Crippen molar-refractivity contribution in [2.24, 2.45) is 5.92 Å². The highest BCUT2D eigenvalue weighted by atomic mass is 19.1. The number of carboxylic acids is 1. The molecule has 1 fully saturated rings. The summed E-state index contributed by atoms with van der Waals surface area (Å²) in [5.74, 6) is -3.71. The van der Waals surface area contributed by atoms with E-state index in [-0.39, 0.29) is 29.9 Å². The average Bonchev–Trinajstić information content (AvgIpc) is 3.16. The van der Waals surface area contributed by atoms with Crippen molar-refractivity contribution < 1.29 is 23.5 Å². The minimum absolute atomic E-state index is 0.0139. The van der Waals surface area contributed by atoms with E-state index in [2.05, 4.69) is 10.2 Å². The van der Waals surface area contributed by atoms with Crippen molar-refractivity contribution >= 4 is 11.9 Å². The number of halogens is 2. The van der Waals surface area contributed by atoms with Crippen molar-refractivity contribution in [3.8, 4) is 11.3 Å². The van der Waals surface area contributed by atoms with Crippen molar-refractivity contribution in [1.82, 2.24) is 15.1 Å².